The molecule has 1 aromatic rings. The minimum atomic E-state index is -0.792. The summed E-state index contributed by atoms with van der Waals surface area (Å²) >= 11 is 5.58. The first-order valence-corrected chi connectivity index (χ1v) is 7.23. The van der Waals surface area contributed by atoms with Crippen LogP contribution in [0.1, 0.15) is 45.4 Å². The maximum atomic E-state index is 11.7. The Balaban J connectivity index is 2.38. The lowest BCUT2D eigenvalue weighted by atomic mass is 10.1. The monoisotopic (exact) mass is 301 g/mol. The number of carbonyl (C=O) groups is 1. The van der Waals surface area contributed by atoms with Crippen molar-refractivity contribution >= 4 is 17.6 Å². The number of rotatable bonds is 7. The van der Waals surface area contributed by atoms with E-state index in [1.54, 1.807) is 0 Å². The number of amides is 1. The zero-order valence-electron chi connectivity index (χ0n) is 11.6. The van der Waals surface area contributed by atoms with Gasteiger partial charge >= 0.3 is 11.7 Å². The van der Waals surface area contributed by atoms with E-state index in [2.05, 4.69) is 12.2 Å². The lowest BCUT2D eigenvalue weighted by Gasteiger charge is -2.06. The topological polar surface area (TPSA) is 84.0 Å². The molecule has 0 spiro atoms. The summed E-state index contributed by atoms with van der Waals surface area (Å²) in [5, 5.41) is 2.43. The highest BCUT2D eigenvalue weighted by molar-refractivity contribution is 6.30. The zero-order chi connectivity index (χ0) is 15.0. The molecule has 1 rings (SSSR count). The third-order valence-corrected chi connectivity index (χ3v) is 3.19. The summed E-state index contributed by atoms with van der Waals surface area (Å²) in [6.45, 7) is 2.65. The van der Waals surface area contributed by atoms with Crippen molar-refractivity contribution in [2.75, 3.05) is 6.54 Å². The summed E-state index contributed by atoms with van der Waals surface area (Å²) < 4.78 is 0.765. The fourth-order valence-corrected chi connectivity index (χ4v) is 1.93. The van der Waals surface area contributed by atoms with Gasteiger partial charge in [-0.1, -0.05) is 50.6 Å². The number of nitrogens with one attached hydrogen (secondary N) is 2. The van der Waals surface area contributed by atoms with Crippen molar-refractivity contribution in [1.82, 2.24) is 14.9 Å². The highest BCUT2D eigenvalue weighted by atomic mass is 35.5. The van der Waals surface area contributed by atoms with Crippen molar-refractivity contribution in [2.45, 2.75) is 45.4 Å². The van der Waals surface area contributed by atoms with E-state index in [0.29, 0.717) is 6.54 Å². The van der Waals surface area contributed by atoms with Gasteiger partial charge < -0.3 is 5.32 Å². The number of unbranched alkanes of at least 4 members (excludes halogenated alkanes) is 5. The largest absolute Gasteiger partial charge is 0.337 e. The average Bonchev–Trinajstić information content (AvgIpc) is 2.41. The molecule has 0 unspecified atom stereocenters. The van der Waals surface area contributed by atoms with Crippen LogP contribution < -0.4 is 16.6 Å². The van der Waals surface area contributed by atoms with Crippen molar-refractivity contribution < 1.29 is 4.79 Å². The van der Waals surface area contributed by atoms with Gasteiger partial charge in [-0.15, -0.1) is 0 Å². The van der Waals surface area contributed by atoms with Crippen molar-refractivity contribution in [3.63, 3.8) is 0 Å². The van der Waals surface area contributed by atoms with Gasteiger partial charge in [-0.25, -0.2) is 14.2 Å². The van der Waals surface area contributed by atoms with Crippen LogP contribution in [0.3, 0.4) is 0 Å². The molecule has 0 bridgehead atoms. The van der Waals surface area contributed by atoms with E-state index >= 15 is 0 Å². The number of nitrogens with zero attached hydrogens (tertiary/aromatic N) is 1. The highest BCUT2D eigenvalue weighted by Crippen LogP contribution is 2.04. The van der Waals surface area contributed by atoms with Gasteiger partial charge in [-0.2, -0.15) is 0 Å². The number of aromatic nitrogens is 2. The number of halogens is 1. The van der Waals surface area contributed by atoms with Crippen LogP contribution in [0.2, 0.25) is 5.02 Å². The van der Waals surface area contributed by atoms with Crippen LogP contribution in [-0.2, 0) is 0 Å². The predicted molar refractivity (Wildman–Crippen MR) is 78.5 cm³/mol. The minimum Gasteiger partial charge on any atom is -0.337 e. The summed E-state index contributed by atoms with van der Waals surface area (Å²) in [5.74, 6) is 0. The number of hydrogen-bond acceptors (Lipinski definition) is 3. The second-order valence-corrected chi connectivity index (χ2v) is 5.01. The van der Waals surface area contributed by atoms with Crippen LogP contribution >= 0.6 is 11.6 Å². The van der Waals surface area contributed by atoms with Crippen LogP contribution in [0.25, 0.3) is 0 Å². The van der Waals surface area contributed by atoms with Crippen molar-refractivity contribution in [3.05, 3.63) is 32.1 Å². The van der Waals surface area contributed by atoms with Gasteiger partial charge in [-0.3, -0.25) is 9.78 Å². The first kappa shape index (κ1) is 16.5. The van der Waals surface area contributed by atoms with Crippen molar-refractivity contribution in [1.29, 1.82) is 0 Å². The Morgan fingerprint density at radius 1 is 1.25 bits per heavy atom. The molecule has 0 aliphatic heterocycles. The smallest absolute Gasteiger partial charge is 0.336 e. The maximum absolute atomic E-state index is 11.7. The Bertz CT molecular complexity index is 551. The van der Waals surface area contributed by atoms with E-state index in [9.17, 15) is 14.4 Å². The summed E-state index contributed by atoms with van der Waals surface area (Å²) in [6, 6.07) is -0.582. The third kappa shape index (κ3) is 5.21. The third-order valence-electron chi connectivity index (χ3n) is 2.92. The van der Waals surface area contributed by atoms with Crippen LogP contribution in [0.4, 0.5) is 4.79 Å². The molecule has 112 valence electrons. The number of hydrogen-bond donors (Lipinski definition) is 2. The van der Waals surface area contributed by atoms with Gasteiger partial charge in [-0.05, 0) is 6.42 Å². The molecule has 1 aromatic heterocycles. The quantitative estimate of drug-likeness (QED) is 0.757. The van der Waals surface area contributed by atoms with E-state index in [4.69, 9.17) is 11.6 Å². The number of carbonyl (C=O) groups excluding carboxylic acids is 1. The van der Waals surface area contributed by atoms with E-state index in [-0.39, 0.29) is 5.02 Å². The molecule has 1 amide bonds. The summed E-state index contributed by atoms with van der Waals surface area (Å²) in [6.07, 6.45) is 7.72. The molecule has 6 nitrogen and oxygen atoms in total. The van der Waals surface area contributed by atoms with Gasteiger partial charge in [0, 0.05) is 12.7 Å². The molecule has 0 aliphatic rings. The van der Waals surface area contributed by atoms with E-state index in [1.807, 2.05) is 4.98 Å². The molecule has 0 atom stereocenters. The molecular weight excluding hydrogens is 282 g/mol. The Kier molecular flexibility index (Phi) is 7.08. The summed E-state index contributed by atoms with van der Waals surface area (Å²) in [5.41, 5.74) is -1.49. The SMILES string of the molecule is CCCCCCCCNC(=O)n1cc(Cl)c(=O)[nH]c1=O. The normalized spacial score (nSPS) is 10.5. The highest BCUT2D eigenvalue weighted by Gasteiger charge is 2.09. The predicted octanol–water partition coefficient (Wildman–Crippen LogP) is 2.11. The Morgan fingerprint density at radius 3 is 2.60 bits per heavy atom. The molecule has 0 saturated heterocycles. The van der Waals surface area contributed by atoms with E-state index in [0.717, 1.165) is 30.0 Å². The molecule has 0 fully saturated rings. The Hall–Kier alpha value is -1.56. The fraction of sp³-hybridized carbons (Fsp3) is 0.615. The second kappa shape index (κ2) is 8.58. The van der Waals surface area contributed by atoms with Crippen molar-refractivity contribution in [2.24, 2.45) is 0 Å². The van der Waals surface area contributed by atoms with Gasteiger partial charge in [0.05, 0.1) is 0 Å². The van der Waals surface area contributed by atoms with Crippen LogP contribution in [-0.4, -0.2) is 22.1 Å². The molecule has 0 saturated carbocycles. The number of H-pyrrole nitrogens is 1. The van der Waals surface area contributed by atoms with E-state index < -0.39 is 17.3 Å². The Morgan fingerprint density at radius 2 is 1.90 bits per heavy atom. The zero-order valence-corrected chi connectivity index (χ0v) is 12.3. The average molecular weight is 302 g/mol. The minimum absolute atomic E-state index is 0.195. The number of aromatic amines is 1. The van der Waals surface area contributed by atoms with Crippen LogP contribution in [0.5, 0.6) is 0 Å². The van der Waals surface area contributed by atoms with Gasteiger partial charge in [0.2, 0.25) is 0 Å². The fourth-order valence-electron chi connectivity index (χ4n) is 1.78. The molecule has 0 radical (unpaired) electrons. The lowest BCUT2D eigenvalue weighted by Crippen LogP contribution is -2.40. The van der Waals surface area contributed by atoms with Gasteiger partial charge in [0.15, 0.2) is 0 Å². The molecule has 0 aromatic carbocycles. The van der Waals surface area contributed by atoms with Gasteiger partial charge in [0.25, 0.3) is 5.56 Å². The lowest BCUT2D eigenvalue weighted by molar-refractivity contribution is 0.241. The molecule has 20 heavy (non-hydrogen) atoms. The first-order chi connectivity index (χ1) is 9.56. The Labute approximate surface area is 122 Å². The standard InChI is InChI=1S/C13H20ClN3O3/c1-2-3-4-5-6-7-8-15-12(19)17-9-10(14)11(18)16-13(17)20/h9H,2-8H2,1H3,(H,15,19)(H,16,18,20). The molecule has 1 heterocycles. The molecule has 0 aliphatic carbocycles. The van der Waals surface area contributed by atoms with Crippen LogP contribution in [0.15, 0.2) is 15.8 Å². The second-order valence-electron chi connectivity index (χ2n) is 4.61. The molecular formula is C13H20ClN3O3. The van der Waals surface area contributed by atoms with Gasteiger partial charge in [0.1, 0.15) is 5.02 Å². The maximum Gasteiger partial charge on any atom is 0.336 e. The summed E-state index contributed by atoms with van der Waals surface area (Å²) in [7, 11) is 0. The summed E-state index contributed by atoms with van der Waals surface area (Å²) in [4.78, 5) is 36.2. The molecule has 7 heteroatoms. The van der Waals surface area contributed by atoms with E-state index in [1.165, 1.54) is 19.3 Å². The van der Waals surface area contributed by atoms with Crippen molar-refractivity contribution in [3.8, 4) is 0 Å². The molecule has 2 N–H and O–H groups in total. The van der Waals surface area contributed by atoms with Crippen LogP contribution in [0, 0.1) is 0 Å². The first-order valence-electron chi connectivity index (χ1n) is 6.86.